The van der Waals surface area contributed by atoms with Crippen LogP contribution in [-0.2, 0) is 23.8 Å². The van der Waals surface area contributed by atoms with Crippen molar-refractivity contribution in [3.8, 4) is 0 Å². The molecule has 0 aromatic carbocycles. The lowest BCUT2D eigenvalue weighted by Crippen LogP contribution is -2.27. The summed E-state index contributed by atoms with van der Waals surface area (Å²) in [7, 11) is 0. The zero-order chi connectivity index (χ0) is 13.9. The third-order valence-electron chi connectivity index (χ3n) is 3.45. The van der Waals surface area contributed by atoms with Gasteiger partial charge < -0.3 is 14.2 Å². The van der Waals surface area contributed by atoms with Gasteiger partial charge in [0.2, 0.25) is 0 Å². The van der Waals surface area contributed by atoms with Gasteiger partial charge in [0.15, 0.2) is 11.6 Å². The molecule has 1 atom stereocenters. The van der Waals surface area contributed by atoms with Crippen molar-refractivity contribution in [3.63, 3.8) is 0 Å². The molecular formula is C14H20O5. The van der Waals surface area contributed by atoms with Gasteiger partial charge in [-0.3, -0.25) is 4.79 Å². The highest BCUT2D eigenvalue weighted by molar-refractivity contribution is 5.89. The number of ether oxygens (including phenoxy) is 3. The predicted molar refractivity (Wildman–Crippen MR) is 67.4 cm³/mol. The van der Waals surface area contributed by atoms with E-state index in [4.69, 9.17) is 14.2 Å². The van der Waals surface area contributed by atoms with Crippen LogP contribution in [0, 0.1) is 0 Å². The molecule has 0 aromatic heterocycles. The number of rotatable bonds is 5. The standard InChI is InChI=1S/C14H20O5/c1-10(2)13(16)17-8-11(15)7-12-9-18-14(19-12)5-3-4-6-14/h12H,1,3-9H2,2H3. The van der Waals surface area contributed by atoms with E-state index in [9.17, 15) is 9.59 Å². The normalized spacial score (nSPS) is 24.6. The highest BCUT2D eigenvalue weighted by Crippen LogP contribution is 2.39. The topological polar surface area (TPSA) is 61.8 Å². The van der Waals surface area contributed by atoms with Crippen molar-refractivity contribution in [2.45, 2.75) is 50.9 Å². The van der Waals surface area contributed by atoms with Crippen LogP contribution in [0.15, 0.2) is 12.2 Å². The van der Waals surface area contributed by atoms with Gasteiger partial charge in [0.25, 0.3) is 0 Å². The number of hydrogen-bond donors (Lipinski definition) is 0. The maximum Gasteiger partial charge on any atom is 0.333 e. The Labute approximate surface area is 112 Å². The predicted octanol–water partition coefficient (Wildman–Crippen LogP) is 1.75. The van der Waals surface area contributed by atoms with Crippen LogP contribution in [0.25, 0.3) is 0 Å². The number of ketones is 1. The van der Waals surface area contributed by atoms with Crippen molar-refractivity contribution in [2.24, 2.45) is 0 Å². The van der Waals surface area contributed by atoms with Crippen molar-refractivity contribution in [3.05, 3.63) is 12.2 Å². The minimum Gasteiger partial charge on any atom is -0.454 e. The SMILES string of the molecule is C=C(C)C(=O)OCC(=O)CC1COC2(CCCC2)O1. The average Bonchev–Trinajstić information content (AvgIpc) is 2.97. The quantitative estimate of drug-likeness (QED) is 0.561. The first-order valence-electron chi connectivity index (χ1n) is 6.67. The van der Waals surface area contributed by atoms with E-state index >= 15 is 0 Å². The Bertz CT molecular complexity index is 381. The smallest absolute Gasteiger partial charge is 0.333 e. The molecule has 0 bridgehead atoms. The largest absolute Gasteiger partial charge is 0.454 e. The van der Waals surface area contributed by atoms with Gasteiger partial charge in [0.05, 0.1) is 12.7 Å². The summed E-state index contributed by atoms with van der Waals surface area (Å²) in [6.07, 6.45) is 4.04. The molecule has 1 saturated carbocycles. The summed E-state index contributed by atoms with van der Waals surface area (Å²) in [5.41, 5.74) is 0.290. The molecule has 1 heterocycles. The van der Waals surface area contributed by atoms with E-state index in [0.717, 1.165) is 25.7 Å². The van der Waals surface area contributed by atoms with Crippen molar-refractivity contribution < 1.29 is 23.8 Å². The highest BCUT2D eigenvalue weighted by Gasteiger charge is 2.43. The molecule has 2 rings (SSSR count). The molecule has 5 heteroatoms. The van der Waals surface area contributed by atoms with Crippen molar-refractivity contribution in [2.75, 3.05) is 13.2 Å². The van der Waals surface area contributed by atoms with E-state index < -0.39 is 11.8 Å². The summed E-state index contributed by atoms with van der Waals surface area (Å²) >= 11 is 0. The Morgan fingerprint density at radius 3 is 2.68 bits per heavy atom. The van der Waals surface area contributed by atoms with Crippen LogP contribution < -0.4 is 0 Å². The van der Waals surface area contributed by atoms with Crippen molar-refractivity contribution in [1.82, 2.24) is 0 Å². The van der Waals surface area contributed by atoms with Crippen molar-refractivity contribution in [1.29, 1.82) is 0 Å². The van der Waals surface area contributed by atoms with Crippen LogP contribution in [0.2, 0.25) is 0 Å². The molecule has 0 radical (unpaired) electrons. The number of Topliss-reactive ketones (excluding diaryl/α,β-unsaturated/α-hetero) is 1. The van der Waals surface area contributed by atoms with E-state index in [2.05, 4.69) is 6.58 Å². The summed E-state index contributed by atoms with van der Waals surface area (Å²) in [4.78, 5) is 22.8. The molecule has 2 fully saturated rings. The first-order chi connectivity index (χ1) is 9.01. The van der Waals surface area contributed by atoms with Gasteiger partial charge in [-0.15, -0.1) is 0 Å². The molecule has 1 aliphatic heterocycles. The first kappa shape index (κ1) is 14.2. The maximum atomic E-state index is 11.7. The Balaban J connectivity index is 1.72. The zero-order valence-electron chi connectivity index (χ0n) is 11.3. The van der Waals surface area contributed by atoms with E-state index in [1.54, 1.807) is 6.92 Å². The molecule has 106 valence electrons. The number of hydrogen-bond acceptors (Lipinski definition) is 5. The Morgan fingerprint density at radius 2 is 2.05 bits per heavy atom. The molecule has 1 saturated heterocycles. The minimum atomic E-state index is -0.538. The molecule has 1 spiro atoms. The van der Waals surface area contributed by atoms with Gasteiger partial charge >= 0.3 is 5.97 Å². The highest BCUT2D eigenvalue weighted by atomic mass is 16.7. The summed E-state index contributed by atoms with van der Waals surface area (Å²) in [6, 6.07) is 0. The molecule has 1 aliphatic carbocycles. The minimum absolute atomic E-state index is 0.154. The fourth-order valence-electron chi connectivity index (χ4n) is 2.48. The van der Waals surface area contributed by atoms with Crippen LogP contribution in [-0.4, -0.2) is 36.9 Å². The lowest BCUT2D eigenvalue weighted by atomic mass is 10.2. The molecule has 19 heavy (non-hydrogen) atoms. The second kappa shape index (κ2) is 5.84. The van der Waals surface area contributed by atoms with Gasteiger partial charge in [0, 0.05) is 24.8 Å². The molecule has 0 aromatic rings. The summed E-state index contributed by atoms with van der Waals surface area (Å²) in [6.45, 7) is 5.22. The third-order valence-corrected chi connectivity index (χ3v) is 3.45. The van der Waals surface area contributed by atoms with E-state index in [1.165, 1.54) is 0 Å². The number of carbonyl (C=O) groups excluding carboxylic acids is 2. The van der Waals surface area contributed by atoms with Gasteiger partial charge in [-0.1, -0.05) is 6.58 Å². The van der Waals surface area contributed by atoms with Crippen LogP contribution in [0.1, 0.15) is 39.0 Å². The van der Waals surface area contributed by atoms with Gasteiger partial charge in [0.1, 0.15) is 6.61 Å². The molecule has 0 N–H and O–H groups in total. The fourth-order valence-corrected chi connectivity index (χ4v) is 2.48. The molecule has 1 unspecified atom stereocenters. The van der Waals surface area contributed by atoms with E-state index in [1.807, 2.05) is 0 Å². The van der Waals surface area contributed by atoms with Crippen LogP contribution in [0.3, 0.4) is 0 Å². The lowest BCUT2D eigenvalue weighted by molar-refractivity contribution is -0.164. The number of esters is 1. The van der Waals surface area contributed by atoms with E-state index in [-0.39, 0.29) is 30.5 Å². The maximum absolute atomic E-state index is 11.7. The summed E-state index contributed by atoms with van der Waals surface area (Å²) in [5, 5.41) is 0. The Kier molecular flexibility index (Phi) is 4.37. The average molecular weight is 268 g/mol. The van der Waals surface area contributed by atoms with Gasteiger partial charge in [-0.25, -0.2) is 4.79 Å². The second-order valence-corrected chi connectivity index (χ2v) is 5.27. The first-order valence-corrected chi connectivity index (χ1v) is 6.67. The second-order valence-electron chi connectivity index (χ2n) is 5.27. The third kappa shape index (κ3) is 3.64. The monoisotopic (exact) mass is 268 g/mol. The van der Waals surface area contributed by atoms with Gasteiger partial charge in [-0.2, -0.15) is 0 Å². The van der Waals surface area contributed by atoms with Crippen LogP contribution in [0.4, 0.5) is 0 Å². The molecular weight excluding hydrogens is 248 g/mol. The Hall–Kier alpha value is -1.20. The Morgan fingerprint density at radius 1 is 1.37 bits per heavy atom. The summed E-state index contributed by atoms with van der Waals surface area (Å²) in [5.74, 6) is -1.14. The fraction of sp³-hybridized carbons (Fsp3) is 0.714. The molecule has 0 amide bonds. The molecule has 5 nitrogen and oxygen atoms in total. The summed E-state index contributed by atoms with van der Waals surface area (Å²) < 4.78 is 16.3. The van der Waals surface area contributed by atoms with Crippen molar-refractivity contribution >= 4 is 11.8 Å². The zero-order valence-corrected chi connectivity index (χ0v) is 11.3. The molecule has 2 aliphatic rings. The number of carbonyl (C=O) groups is 2. The van der Waals surface area contributed by atoms with Crippen LogP contribution >= 0.6 is 0 Å². The van der Waals surface area contributed by atoms with Gasteiger partial charge in [-0.05, 0) is 19.8 Å². The van der Waals surface area contributed by atoms with E-state index in [0.29, 0.717) is 6.61 Å². The van der Waals surface area contributed by atoms with Crippen LogP contribution in [0.5, 0.6) is 0 Å². The lowest BCUT2D eigenvalue weighted by Gasteiger charge is -2.21.